The van der Waals surface area contributed by atoms with E-state index in [1.807, 2.05) is 18.2 Å². The largest absolute Gasteiger partial charge is 0.487 e. The van der Waals surface area contributed by atoms with Gasteiger partial charge in [-0.1, -0.05) is 18.2 Å². The average molecular weight is 370 g/mol. The maximum Gasteiger partial charge on any atom is 0.130 e. The number of benzene rings is 1. The van der Waals surface area contributed by atoms with Crippen LogP contribution in [0.5, 0.6) is 5.75 Å². The highest BCUT2D eigenvalue weighted by molar-refractivity contribution is 5.43. The summed E-state index contributed by atoms with van der Waals surface area (Å²) >= 11 is 0. The summed E-state index contributed by atoms with van der Waals surface area (Å²) in [6, 6.07) is 10.8. The van der Waals surface area contributed by atoms with E-state index in [0.29, 0.717) is 12.6 Å². The van der Waals surface area contributed by atoms with Crippen molar-refractivity contribution in [2.24, 2.45) is 0 Å². The highest BCUT2D eigenvalue weighted by atomic mass is 16.5. The van der Waals surface area contributed by atoms with Crippen LogP contribution in [-0.2, 0) is 17.9 Å². The molecule has 1 atom stereocenters. The molecule has 0 aliphatic carbocycles. The summed E-state index contributed by atoms with van der Waals surface area (Å²) in [5, 5.41) is 3.64. The van der Waals surface area contributed by atoms with Gasteiger partial charge in [0.2, 0.25) is 0 Å². The van der Waals surface area contributed by atoms with E-state index < -0.39 is 0 Å². The molecule has 3 rings (SSSR count). The van der Waals surface area contributed by atoms with Crippen LogP contribution >= 0.6 is 0 Å². The first-order valence-corrected chi connectivity index (χ1v) is 9.78. The lowest BCUT2D eigenvalue weighted by molar-refractivity contribution is 0.0343. The van der Waals surface area contributed by atoms with Crippen LogP contribution < -0.4 is 10.1 Å². The van der Waals surface area contributed by atoms with E-state index in [1.54, 1.807) is 6.20 Å². The van der Waals surface area contributed by atoms with E-state index >= 15 is 0 Å². The average Bonchev–Trinajstić information content (AvgIpc) is 2.67. The van der Waals surface area contributed by atoms with Gasteiger partial charge in [-0.25, -0.2) is 0 Å². The summed E-state index contributed by atoms with van der Waals surface area (Å²) in [6.45, 7) is 12.7. The first-order chi connectivity index (χ1) is 13.1. The van der Waals surface area contributed by atoms with E-state index in [1.165, 1.54) is 16.7 Å². The molecule has 0 spiro atoms. The minimum absolute atomic E-state index is 0.448. The molecule has 1 aromatic carbocycles. The molecule has 0 amide bonds. The molecule has 2 heterocycles. The van der Waals surface area contributed by atoms with Gasteiger partial charge < -0.3 is 14.8 Å². The van der Waals surface area contributed by atoms with Crippen LogP contribution in [0.3, 0.4) is 0 Å². The van der Waals surface area contributed by atoms with Gasteiger partial charge in [0, 0.05) is 38.4 Å². The number of hydrogen-bond donors (Lipinski definition) is 1. The summed E-state index contributed by atoms with van der Waals surface area (Å²) in [6.07, 6.45) is 1.80. The van der Waals surface area contributed by atoms with Gasteiger partial charge in [0.1, 0.15) is 12.4 Å². The monoisotopic (exact) mass is 369 g/mol. The molecule has 2 aromatic rings. The number of nitrogens with one attached hydrogen (secondary N) is 1. The number of morpholine rings is 1. The summed E-state index contributed by atoms with van der Waals surface area (Å²) < 4.78 is 11.5. The van der Waals surface area contributed by atoms with Crippen molar-refractivity contribution in [1.82, 2.24) is 15.2 Å². The highest BCUT2D eigenvalue weighted by Gasteiger charge is 2.14. The third-order valence-corrected chi connectivity index (χ3v) is 4.90. The Bertz CT molecular complexity index is 692. The molecule has 0 bridgehead atoms. The highest BCUT2D eigenvalue weighted by Crippen LogP contribution is 2.25. The van der Waals surface area contributed by atoms with Crippen LogP contribution in [0.1, 0.15) is 29.3 Å². The molecule has 0 radical (unpaired) electrons. The third-order valence-electron chi connectivity index (χ3n) is 4.90. The third kappa shape index (κ3) is 6.03. The van der Waals surface area contributed by atoms with Gasteiger partial charge in [-0.05, 0) is 49.6 Å². The molecule has 5 heteroatoms. The predicted octanol–water partition coefficient (Wildman–Crippen LogP) is 3.09. The fraction of sp³-hybridized carbons (Fsp3) is 0.500. The van der Waals surface area contributed by atoms with Crippen LogP contribution in [0.25, 0.3) is 0 Å². The number of rotatable bonds is 8. The number of nitrogens with zero attached hydrogens (tertiary/aromatic N) is 2. The lowest BCUT2D eigenvalue weighted by atomic mass is 10.1. The van der Waals surface area contributed by atoms with Crippen LogP contribution in [-0.4, -0.2) is 48.8 Å². The maximum absolute atomic E-state index is 6.03. The Kier molecular flexibility index (Phi) is 7.21. The SMILES string of the molecule is Cc1cc(CNC(C)CN2CCOCC2)cc(C)c1OCc1ccccn1. The summed E-state index contributed by atoms with van der Waals surface area (Å²) in [4.78, 5) is 6.79. The summed E-state index contributed by atoms with van der Waals surface area (Å²) in [7, 11) is 0. The quantitative estimate of drug-likeness (QED) is 0.775. The fourth-order valence-electron chi connectivity index (χ4n) is 3.53. The molecule has 1 aliphatic rings. The van der Waals surface area contributed by atoms with Crippen LogP contribution in [0, 0.1) is 13.8 Å². The van der Waals surface area contributed by atoms with Crippen LogP contribution in [0.15, 0.2) is 36.5 Å². The first kappa shape index (κ1) is 19.8. The summed E-state index contributed by atoms with van der Waals surface area (Å²) in [5.74, 6) is 0.964. The molecule has 1 unspecified atom stereocenters. The van der Waals surface area contributed by atoms with E-state index in [-0.39, 0.29) is 0 Å². The molecule has 146 valence electrons. The van der Waals surface area contributed by atoms with Crippen LogP contribution in [0.2, 0.25) is 0 Å². The van der Waals surface area contributed by atoms with E-state index in [9.17, 15) is 0 Å². The zero-order chi connectivity index (χ0) is 19.1. The Morgan fingerprint density at radius 1 is 1.19 bits per heavy atom. The van der Waals surface area contributed by atoms with Gasteiger partial charge in [0.05, 0.1) is 18.9 Å². The van der Waals surface area contributed by atoms with Crippen molar-refractivity contribution in [3.63, 3.8) is 0 Å². The van der Waals surface area contributed by atoms with Crippen molar-refractivity contribution in [3.05, 3.63) is 58.9 Å². The second-order valence-corrected chi connectivity index (χ2v) is 7.36. The number of pyridine rings is 1. The molecule has 1 saturated heterocycles. The van der Waals surface area contributed by atoms with Crippen molar-refractivity contribution in [3.8, 4) is 5.75 Å². The van der Waals surface area contributed by atoms with Gasteiger partial charge >= 0.3 is 0 Å². The maximum atomic E-state index is 6.03. The van der Waals surface area contributed by atoms with E-state index in [4.69, 9.17) is 9.47 Å². The Morgan fingerprint density at radius 2 is 1.93 bits per heavy atom. The number of ether oxygens (including phenoxy) is 2. The Hall–Kier alpha value is -1.95. The zero-order valence-electron chi connectivity index (χ0n) is 16.7. The summed E-state index contributed by atoms with van der Waals surface area (Å²) in [5.41, 5.74) is 4.58. The molecule has 1 N–H and O–H groups in total. The minimum atomic E-state index is 0.448. The predicted molar refractivity (Wildman–Crippen MR) is 108 cm³/mol. The zero-order valence-corrected chi connectivity index (χ0v) is 16.7. The van der Waals surface area contributed by atoms with Crippen molar-refractivity contribution in [1.29, 1.82) is 0 Å². The Balaban J connectivity index is 1.52. The molecular weight excluding hydrogens is 338 g/mol. The number of hydrogen-bond acceptors (Lipinski definition) is 5. The fourth-order valence-corrected chi connectivity index (χ4v) is 3.53. The van der Waals surface area contributed by atoms with Gasteiger partial charge in [-0.15, -0.1) is 0 Å². The molecule has 27 heavy (non-hydrogen) atoms. The van der Waals surface area contributed by atoms with Crippen molar-refractivity contribution >= 4 is 0 Å². The van der Waals surface area contributed by atoms with Gasteiger partial charge in [-0.2, -0.15) is 0 Å². The topological polar surface area (TPSA) is 46.6 Å². The van der Waals surface area contributed by atoms with Crippen molar-refractivity contribution in [2.75, 3.05) is 32.8 Å². The van der Waals surface area contributed by atoms with Crippen molar-refractivity contribution < 1.29 is 9.47 Å². The van der Waals surface area contributed by atoms with Gasteiger partial charge in [-0.3, -0.25) is 9.88 Å². The Morgan fingerprint density at radius 3 is 2.59 bits per heavy atom. The van der Waals surface area contributed by atoms with Crippen LogP contribution in [0.4, 0.5) is 0 Å². The lowest BCUT2D eigenvalue weighted by Crippen LogP contribution is -2.44. The van der Waals surface area contributed by atoms with E-state index in [0.717, 1.165) is 50.8 Å². The molecule has 0 saturated carbocycles. The van der Waals surface area contributed by atoms with Gasteiger partial charge in [0.15, 0.2) is 0 Å². The number of aromatic nitrogens is 1. The molecular formula is C22H31N3O2. The van der Waals surface area contributed by atoms with E-state index in [2.05, 4.69) is 48.1 Å². The van der Waals surface area contributed by atoms with Gasteiger partial charge in [0.25, 0.3) is 0 Å². The lowest BCUT2D eigenvalue weighted by Gasteiger charge is -2.29. The smallest absolute Gasteiger partial charge is 0.130 e. The standard InChI is InChI=1S/C22H31N3O2/c1-17-12-20(14-24-19(3)15-25-8-10-26-11-9-25)13-18(2)22(17)27-16-21-6-4-5-7-23-21/h4-7,12-13,19,24H,8-11,14-16H2,1-3H3. The normalized spacial score (nSPS) is 16.3. The molecule has 1 aromatic heterocycles. The molecule has 1 fully saturated rings. The number of aryl methyl sites for hydroxylation is 2. The second kappa shape index (κ2) is 9.83. The first-order valence-electron chi connectivity index (χ1n) is 9.78. The molecule has 5 nitrogen and oxygen atoms in total. The Labute approximate surface area is 162 Å². The molecule has 1 aliphatic heterocycles. The second-order valence-electron chi connectivity index (χ2n) is 7.36. The minimum Gasteiger partial charge on any atom is -0.487 e. The van der Waals surface area contributed by atoms with Crippen molar-refractivity contribution in [2.45, 2.75) is 40.0 Å².